The second-order valence-corrected chi connectivity index (χ2v) is 2.48. The molecule has 7 nitrogen and oxygen atoms in total. The van der Waals surface area contributed by atoms with Crippen molar-refractivity contribution in [2.24, 2.45) is 0 Å². The molecule has 0 aromatic rings. The molecule has 0 aliphatic carbocycles. The molecule has 0 saturated carbocycles. The van der Waals surface area contributed by atoms with E-state index < -0.39 is 36.4 Å². The fraction of sp³-hybridized carbons (Fsp3) is 0.500. The second-order valence-electron chi connectivity index (χ2n) is 2.48. The second kappa shape index (κ2) is 11.6. The molecule has 0 saturated heterocycles. The summed E-state index contributed by atoms with van der Waals surface area (Å²) < 4.78 is 0. The summed E-state index contributed by atoms with van der Waals surface area (Å²) in [5, 5.41) is 33.8. The van der Waals surface area contributed by atoms with Crippen LogP contribution in [0.25, 0.3) is 0 Å². The molecule has 0 aromatic heterocycles. The van der Waals surface area contributed by atoms with Crippen LogP contribution in [-0.2, 0) is 59.1 Å². The molecule has 0 unspecified atom stereocenters. The summed E-state index contributed by atoms with van der Waals surface area (Å²) in [6, 6.07) is 0. The van der Waals surface area contributed by atoms with Gasteiger partial charge in [0.2, 0.25) is 0 Å². The number of rotatable bonds is 5. The average Bonchev–Trinajstić information content (AvgIpc) is 1.82. The molecule has 0 atom stereocenters. The molecule has 4 N–H and O–H groups in total. The minimum absolute atomic E-state index is 0. The number of carboxylic acids is 3. The fourth-order valence-corrected chi connectivity index (χ4v) is 0.714. The molecule has 0 fully saturated rings. The van der Waals surface area contributed by atoms with Crippen LogP contribution in [0.15, 0.2) is 0 Å². The molecule has 0 bridgehead atoms. The molecule has 0 amide bonds. The molecule has 98 valence electrons. The van der Waals surface area contributed by atoms with Gasteiger partial charge < -0.3 is 20.4 Å². The topological polar surface area (TPSA) is 132 Å². The number of carbonyl (C=O) groups is 3. The van der Waals surface area contributed by atoms with Crippen molar-refractivity contribution in [1.82, 2.24) is 0 Å². The Morgan fingerprint density at radius 3 is 1.25 bits per heavy atom. The van der Waals surface area contributed by atoms with E-state index in [0.29, 0.717) is 0 Å². The van der Waals surface area contributed by atoms with E-state index in [4.69, 9.17) is 20.4 Å². The molecule has 0 aliphatic heterocycles. The van der Waals surface area contributed by atoms with Gasteiger partial charge in [0, 0.05) is 44.8 Å². The fourth-order valence-electron chi connectivity index (χ4n) is 0.714. The third-order valence-corrected chi connectivity index (χ3v) is 1.29. The van der Waals surface area contributed by atoms with Gasteiger partial charge in [0.05, 0.1) is 12.8 Å². The number of hydrogen-bond acceptors (Lipinski definition) is 4. The number of aliphatic carboxylic acids is 3. The molecular weight excluding hydrogens is 617 g/mol. The first kappa shape index (κ1) is 26.1. The average molecular weight is 626 g/mol. The van der Waals surface area contributed by atoms with Gasteiger partial charge in [-0.05, 0) is 0 Å². The van der Waals surface area contributed by atoms with E-state index in [1.54, 1.807) is 0 Å². The molecule has 16 heavy (non-hydrogen) atoms. The summed E-state index contributed by atoms with van der Waals surface area (Å²) in [4.78, 5) is 30.5. The van der Waals surface area contributed by atoms with Crippen LogP contribution in [0, 0.1) is 0 Å². The van der Waals surface area contributed by atoms with Crippen LogP contribution in [-0.4, -0.2) is 95.3 Å². The van der Waals surface area contributed by atoms with E-state index in [9.17, 15) is 14.4 Å². The van der Waals surface area contributed by atoms with E-state index in [0.717, 1.165) is 0 Å². The predicted octanol–water partition coefficient (Wildman–Crippen LogP) is -1.90. The number of aliphatic hydroxyl groups is 1. The van der Waals surface area contributed by atoms with Gasteiger partial charge in [0.15, 0.2) is 5.60 Å². The Labute approximate surface area is 164 Å². The van der Waals surface area contributed by atoms with Gasteiger partial charge in [-0.15, -0.1) is 0 Å². The maximum atomic E-state index is 10.3. The standard InChI is InChI=1S/C6H8O7.2Au.K.H/c7-3(8)1-6(13,5(11)12)2-4(9)10;;;;/h13H,1-2H2,(H,7,8)(H,9,10)(H,11,12);;;;. The molecule has 0 aromatic carbocycles. The quantitative estimate of drug-likeness (QED) is 0.263. The van der Waals surface area contributed by atoms with Crippen molar-refractivity contribution in [1.29, 1.82) is 0 Å². The summed E-state index contributed by atoms with van der Waals surface area (Å²) in [6.07, 6.45) is -2.29. The van der Waals surface area contributed by atoms with Crippen LogP contribution < -0.4 is 0 Å². The third-order valence-electron chi connectivity index (χ3n) is 1.29. The van der Waals surface area contributed by atoms with E-state index in [1.165, 1.54) is 0 Å². The molecule has 0 heterocycles. The number of carboxylic acid groups (broad SMARTS) is 3. The van der Waals surface area contributed by atoms with Gasteiger partial charge >= 0.3 is 69.3 Å². The Kier molecular flexibility index (Phi) is 18.9. The summed E-state index contributed by atoms with van der Waals surface area (Å²) in [5.41, 5.74) is -2.74. The zero-order chi connectivity index (χ0) is 10.6. The van der Waals surface area contributed by atoms with Crippen LogP contribution in [0.2, 0.25) is 0 Å². The van der Waals surface area contributed by atoms with Crippen LogP contribution in [0.3, 0.4) is 0 Å². The van der Waals surface area contributed by atoms with Gasteiger partial charge in [-0.1, -0.05) is 0 Å². The van der Waals surface area contributed by atoms with Gasteiger partial charge in [0.1, 0.15) is 0 Å². The van der Waals surface area contributed by atoms with Crippen molar-refractivity contribution in [2.45, 2.75) is 18.4 Å². The molecule has 0 spiro atoms. The van der Waals surface area contributed by atoms with E-state index in [-0.39, 0.29) is 96.1 Å². The van der Waals surface area contributed by atoms with Crippen LogP contribution >= 0.6 is 0 Å². The Morgan fingerprint density at radius 1 is 0.875 bits per heavy atom. The van der Waals surface area contributed by atoms with Crippen molar-refractivity contribution >= 4 is 69.3 Å². The summed E-state index contributed by atoms with van der Waals surface area (Å²) in [7, 11) is 0. The molecule has 10 heteroatoms. The van der Waals surface area contributed by atoms with Crippen molar-refractivity contribution < 1.29 is 79.6 Å². The van der Waals surface area contributed by atoms with E-state index in [1.807, 2.05) is 0 Å². The van der Waals surface area contributed by atoms with Crippen LogP contribution in [0.4, 0.5) is 0 Å². The zero-order valence-electron chi connectivity index (χ0n) is 7.03. The predicted molar refractivity (Wildman–Crippen MR) is 44.2 cm³/mol. The Balaban J connectivity index is -0.000000240. The van der Waals surface area contributed by atoms with Crippen molar-refractivity contribution in [3.63, 3.8) is 0 Å². The maximum absolute atomic E-state index is 10.3. The molecule has 0 rings (SSSR count). The van der Waals surface area contributed by atoms with Gasteiger partial charge in [0.25, 0.3) is 0 Å². The van der Waals surface area contributed by atoms with Gasteiger partial charge in [-0.3, -0.25) is 9.59 Å². The van der Waals surface area contributed by atoms with Crippen molar-refractivity contribution in [2.75, 3.05) is 0 Å². The SMILES string of the molecule is O=C(O)CC(O)(CC(=O)O)C(=O)O.[Au].[Au].[KH]. The van der Waals surface area contributed by atoms with E-state index >= 15 is 0 Å². The van der Waals surface area contributed by atoms with Crippen LogP contribution in [0.1, 0.15) is 12.8 Å². The Hall–Kier alpha value is 1.49. The van der Waals surface area contributed by atoms with Gasteiger partial charge in [-0.2, -0.15) is 0 Å². The molecular formula is C6H9Au2KO7. The van der Waals surface area contributed by atoms with Gasteiger partial charge in [-0.25, -0.2) is 4.79 Å². The summed E-state index contributed by atoms with van der Waals surface area (Å²) in [5.74, 6) is -5.02. The molecule has 2 radical (unpaired) electrons. The van der Waals surface area contributed by atoms with Crippen molar-refractivity contribution in [3.8, 4) is 0 Å². The monoisotopic (exact) mass is 626 g/mol. The zero-order valence-corrected chi connectivity index (χ0v) is 11.4. The first-order chi connectivity index (χ1) is 5.78. The first-order valence-electron chi connectivity index (χ1n) is 3.17. The Morgan fingerprint density at radius 2 is 1.12 bits per heavy atom. The summed E-state index contributed by atoms with van der Waals surface area (Å²) >= 11 is 0. The number of hydrogen-bond donors (Lipinski definition) is 4. The van der Waals surface area contributed by atoms with E-state index in [2.05, 4.69) is 0 Å². The summed E-state index contributed by atoms with van der Waals surface area (Å²) in [6.45, 7) is 0. The third kappa shape index (κ3) is 10.6. The molecule has 0 aliphatic rings. The Bertz CT molecular complexity index is 241. The first-order valence-corrected chi connectivity index (χ1v) is 3.17. The minimum atomic E-state index is -2.74. The van der Waals surface area contributed by atoms with Crippen LogP contribution in [0.5, 0.6) is 0 Å². The van der Waals surface area contributed by atoms with Crippen molar-refractivity contribution in [3.05, 3.63) is 0 Å². The normalized spacial score (nSPS) is 8.81.